The molecule has 0 radical (unpaired) electrons. The SMILES string of the molecule is CC(C)CNC(=O)CCNC1CSCc2ccccc21. The van der Waals surface area contributed by atoms with Gasteiger partial charge in [0, 0.05) is 37.1 Å². The van der Waals surface area contributed by atoms with Crippen LogP contribution in [0.2, 0.25) is 0 Å². The zero-order valence-electron chi connectivity index (χ0n) is 12.3. The lowest BCUT2D eigenvalue weighted by Crippen LogP contribution is -2.33. The first-order chi connectivity index (χ1) is 9.66. The second-order valence-electron chi connectivity index (χ2n) is 5.67. The van der Waals surface area contributed by atoms with Gasteiger partial charge < -0.3 is 10.6 Å². The van der Waals surface area contributed by atoms with Crippen molar-refractivity contribution >= 4 is 17.7 Å². The predicted octanol–water partition coefficient (Wildman–Crippen LogP) is 2.73. The Labute approximate surface area is 125 Å². The van der Waals surface area contributed by atoms with Crippen LogP contribution in [-0.4, -0.2) is 24.7 Å². The van der Waals surface area contributed by atoms with Crippen molar-refractivity contribution in [1.29, 1.82) is 0 Å². The van der Waals surface area contributed by atoms with Gasteiger partial charge in [0.05, 0.1) is 0 Å². The lowest BCUT2D eigenvalue weighted by Gasteiger charge is -2.26. The molecule has 1 aliphatic heterocycles. The Kier molecular flexibility index (Phi) is 5.92. The van der Waals surface area contributed by atoms with Crippen molar-refractivity contribution in [2.45, 2.75) is 32.1 Å². The number of nitrogens with one attached hydrogen (secondary N) is 2. The summed E-state index contributed by atoms with van der Waals surface area (Å²) in [6.07, 6.45) is 0.552. The fraction of sp³-hybridized carbons (Fsp3) is 0.562. The molecule has 0 spiro atoms. The van der Waals surface area contributed by atoms with Crippen LogP contribution in [0.25, 0.3) is 0 Å². The number of benzene rings is 1. The molecule has 1 heterocycles. The second kappa shape index (κ2) is 7.70. The van der Waals surface area contributed by atoms with Gasteiger partial charge in [0.2, 0.25) is 5.91 Å². The highest BCUT2D eigenvalue weighted by atomic mass is 32.2. The van der Waals surface area contributed by atoms with Gasteiger partial charge in [-0.2, -0.15) is 11.8 Å². The van der Waals surface area contributed by atoms with E-state index in [9.17, 15) is 4.79 Å². The van der Waals surface area contributed by atoms with E-state index in [0.717, 1.165) is 24.6 Å². The van der Waals surface area contributed by atoms with E-state index in [2.05, 4.69) is 48.7 Å². The Morgan fingerprint density at radius 1 is 1.40 bits per heavy atom. The highest BCUT2D eigenvalue weighted by Gasteiger charge is 2.19. The summed E-state index contributed by atoms with van der Waals surface area (Å²) in [6, 6.07) is 8.97. The molecule has 110 valence electrons. The number of hydrogen-bond donors (Lipinski definition) is 2. The molecule has 0 saturated carbocycles. The summed E-state index contributed by atoms with van der Waals surface area (Å²) < 4.78 is 0. The molecule has 4 heteroatoms. The van der Waals surface area contributed by atoms with Gasteiger partial charge in [0.1, 0.15) is 0 Å². The molecule has 1 aromatic rings. The Bertz CT molecular complexity index is 448. The minimum Gasteiger partial charge on any atom is -0.356 e. The molecule has 1 amide bonds. The Morgan fingerprint density at radius 3 is 3.00 bits per heavy atom. The van der Waals surface area contributed by atoms with Gasteiger partial charge in [-0.3, -0.25) is 4.79 Å². The zero-order chi connectivity index (χ0) is 14.4. The maximum Gasteiger partial charge on any atom is 0.221 e. The third kappa shape index (κ3) is 4.53. The van der Waals surface area contributed by atoms with Crippen LogP contribution in [0, 0.1) is 5.92 Å². The second-order valence-corrected chi connectivity index (χ2v) is 6.70. The molecular weight excluding hydrogens is 268 g/mol. The molecule has 0 bridgehead atoms. The first-order valence-corrected chi connectivity index (χ1v) is 8.48. The van der Waals surface area contributed by atoms with Crippen LogP contribution < -0.4 is 10.6 Å². The summed E-state index contributed by atoms with van der Waals surface area (Å²) in [7, 11) is 0. The number of hydrogen-bond acceptors (Lipinski definition) is 3. The Morgan fingerprint density at radius 2 is 2.20 bits per heavy atom. The maximum absolute atomic E-state index is 11.7. The minimum atomic E-state index is 0.142. The summed E-state index contributed by atoms with van der Waals surface area (Å²) in [5, 5.41) is 6.47. The molecule has 3 nitrogen and oxygen atoms in total. The van der Waals surface area contributed by atoms with Crippen molar-refractivity contribution in [1.82, 2.24) is 10.6 Å². The highest BCUT2D eigenvalue weighted by molar-refractivity contribution is 7.98. The average molecular weight is 292 g/mol. The number of rotatable bonds is 6. The monoisotopic (exact) mass is 292 g/mol. The molecule has 1 aromatic carbocycles. The van der Waals surface area contributed by atoms with E-state index in [1.165, 1.54) is 11.1 Å². The van der Waals surface area contributed by atoms with Crippen molar-refractivity contribution in [3.8, 4) is 0 Å². The van der Waals surface area contributed by atoms with E-state index in [1.54, 1.807) is 0 Å². The largest absolute Gasteiger partial charge is 0.356 e. The molecule has 20 heavy (non-hydrogen) atoms. The van der Waals surface area contributed by atoms with E-state index in [0.29, 0.717) is 18.4 Å². The van der Waals surface area contributed by atoms with Crippen LogP contribution in [0.1, 0.15) is 37.4 Å². The number of fused-ring (bicyclic) bond motifs is 1. The van der Waals surface area contributed by atoms with Gasteiger partial charge in [-0.05, 0) is 17.0 Å². The molecule has 2 rings (SSSR count). The molecular formula is C16H24N2OS. The van der Waals surface area contributed by atoms with Crippen molar-refractivity contribution in [2.75, 3.05) is 18.8 Å². The van der Waals surface area contributed by atoms with E-state index in [-0.39, 0.29) is 5.91 Å². The van der Waals surface area contributed by atoms with Crippen LogP contribution in [0.5, 0.6) is 0 Å². The molecule has 2 N–H and O–H groups in total. The van der Waals surface area contributed by atoms with Crippen molar-refractivity contribution in [3.63, 3.8) is 0 Å². The van der Waals surface area contributed by atoms with Gasteiger partial charge >= 0.3 is 0 Å². The van der Waals surface area contributed by atoms with Crippen LogP contribution in [0.3, 0.4) is 0 Å². The van der Waals surface area contributed by atoms with E-state index in [4.69, 9.17) is 0 Å². The number of amides is 1. The fourth-order valence-corrected chi connectivity index (χ4v) is 3.45. The molecule has 0 fully saturated rings. The topological polar surface area (TPSA) is 41.1 Å². The fourth-order valence-electron chi connectivity index (χ4n) is 2.32. The van der Waals surface area contributed by atoms with Crippen LogP contribution >= 0.6 is 11.8 Å². The molecule has 0 saturated heterocycles. The van der Waals surface area contributed by atoms with Gasteiger partial charge in [-0.1, -0.05) is 38.1 Å². The van der Waals surface area contributed by atoms with Crippen LogP contribution in [0.15, 0.2) is 24.3 Å². The lowest BCUT2D eigenvalue weighted by atomic mass is 10.0. The Balaban J connectivity index is 1.77. The summed E-state index contributed by atoms with van der Waals surface area (Å²) in [5.74, 6) is 2.84. The highest BCUT2D eigenvalue weighted by Crippen LogP contribution is 2.31. The summed E-state index contributed by atoms with van der Waals surface area (Å²) in [5.41, 5.74) is 2.82. The summed E-state index contributed by atoms with van der Waals surface area (Å²) >= 11 is 1.96. The van der Waals surface area contributed by atoms with Crippen molar-refractivity contribution < 1.29 is 4.79 Å². The van der Waals surface area contributed by atoms with Crippen molar-refractivity contribution in [2.24, 2.45) is 5.92 Å². The standard InChI is InChI=1S/C16H24N2OS/c1-12(2)9-18-16(19)7-8-17-15-11-20-10-13-5-3-4-6-14(13)15/h3-6,12,15,17H,7-11H2,1-2H3,(H,18,19). The average Bonchev–Trinajstić information content (AvgIpc) is 2.45. The minimum absolute atomic E-state index is 0.142. The lowest BCUT2D eigenvalue weighted by molar-refractivity contribution is -0.121. The van der Waals surface area contributed by atoms with Gasteiger partial charge in [-0.25, -0.2) is 0 Å². The van der Waals surface area contributed by atoms with E-state index >= 15 is 0 Å². The molecule has 0 aromatic heterocycles. The zero-order valence-corrected chi connectivity index (χ0v) is 13.1. The summed E-state index contributed by atoms with van der Waals surface area (Å²) in [6.45, 7) is 5.72. The van der Waals surface area contributed by atoms with E-state index < -0.39 is 0 Å². The molecule has 1 aliphatic rings. The third-order valence-corrected chi connectivity index (χ3v) is 4.51. The number of thioether (sulfide) groups is 1. The number of carbonyl (C=O) groups excluding carboxylic acids is 1. The first kappa shape index (κ1) is 15.4. The quantitative estimate of drug-likeness (QED) is 0.847. The van der Waals surface area contributed by atoms with Gasteiger partial charge in [0.15, 0.2) is 0 Å². The number of carbonyl (C=O) groups is 1. The van der Waals surface area contributed by atoms with E-state index in [1.807, 2.05) is 11.8 Å². The Hall–Kier alpha value is -1.00. The van der Waals surface area contributed by atoms with Crippen LogP contribution in [0.4, 0.5) is 0 Å². The molecule has 1 atom stereocenters. The molecule has 1 unspecified atom stereocenters. The van der Waals surface area contributed by atoms with Crippen LogP contribution in [-0.2, 0) is 10.5 Å². The van der Waals surface area contributed by atoms with Gasteiger partial charge in [0.25, 0.3) is 0 Å². The smallest absolute Gasteiger partial charge is 0.221 e. The first-order valence-electron chi connectivity index (χ1n) is 7.32. The molecule has 0 aliphatic carbocycles. The van der Waals surface area contributed by atoms with Crippen molar-refractivity contribution in [3.05, 3.63) is 35.4 Å². The summed E-state index contributed by atoms with van der Waals surface area (Å²) in [4.78, 5) is 11.7. The maximum atomic E-state index is 11.7. The predicted molar refractivity (Wildman–Crippen MR) is 85.8 cm³/mol. The van der Waals surface area contributed by atoms with Gasteiger partial charge in [-0.15, -0.1) is 0 Å². The normalized spacial score (nSPS) is 17.9. The third-order valence-electron chi connectivity index (χ3n) is 3.42.